The van der Waals surface area contributed by atoms with Gasteiger partial charge in [0, 0.05) is 18.7 Å². The fraction of sp³-hybridized carbons (Fsp3) is 0.462. The molecule has 2 aromatic carbocycles. The Labute approximate surface area is 218 Å². The number of carbonyl (C=O) groups is 2. The minimum absolute atomic E-state index is 0.117. The van der Waals surface area contributed by atoms with Crippen LogP contribution in [0.2, 0.25) is 0 Å². The van der Waals surface area contributed by atoms with E-state index in [-0.39, 0.29) is 24.2 Å². The third-order valence-corrected chi connectivity index (χ3v) is 6.96. The standard InChI is InChI=1S/C26H35N3O7S/c1-6-22(26(31)27-18(2)3)28(16-19-7-10-21(34-4)11-8-19)25(30)17-29(37(5,32)33)20-9-12-23-24(15-20)36-14-13-35-23/h7-12,15,18,22H,6,13-14,16-17H2,1-5H3,(H,27,31)/t22-/m0/s1. The molecular formula is C26H35N3O7S. The van der Waals surface area contributed by atoms with Crippen LogP contribution in [0.5, 0.6) is 17.2 Å². The van der Waals surface area contributed by atoms with Crippen molar-refractivity contribution in [3.8, 4) is 17.2 Å². The van der Waals surface area contributed by atoms with Gasteiger partial charge in [0.25, 0.3) is 0 Å². The highest BCUT2D eigenvalue weighted by atomic mass is 32.2. The fourth-order valence-electron chi connectivity index (χ4n) is 4.03. The van der Waals surface area contributed by atoms with Gasteiger partial charge >= 0.3 is 0 Å². The van der Waals surface area contributed by atoms with E-state index in [0.29, 0.717) is 36.9 Å². The van der Waals surface area contributed by atoms with Gasteiger partial charge in [0.2, 0.25) is 21.8 Å². The number of hydrogen-bond acceptors (Lipinski definition) is 7. The second kappa shape index (κ2) is 12.2. The van der Waals surface area contributed by atoms with E-state index in [1.54, 1.807) is 49.6 Å². The number of nitrogens with zero attached hydrogens (tertiary/aromatic N) is 2. The highest BCUT2D eigenvalue weighted by Gasteiger charge is 2.32. The minimum atomic E-state index is -3.85. The van der Waals surface area contributed by atoms with Crippen molar-refractivity contribution in [2.45, 2.75) is 45.8 Å². The van der Waals surface area contributed by atoms with Crippen LogP contribution in [0.15, 0.2) is 42.5 Å². The molecule has 3 rings (SSSR count). The molecule has 1 heterocycles. The lowest BCUT2D eigenvalue weighted by Gasteiger charge is -2.33. The number of amides is 2. The first-order chi connectivity index (χ1) is 17.5. The van der Waals surface area contributed by atoms with Gasteiger partial charge in [-0.2, -0.15) is 0 Å². The second-order valence-electron chi connectivity index (χ2n) is 9.05. The van der Waals surface area contributed by atoms with E-state index in [1.165, 1.54) is 4.90 Å². The molecule has 1 aliphatic heterocycles. The molecule has 202 valence electrons. The van der Waals surface area contributed by atoms with E-state index >= 15 is 0 Å². The lowest BCUT2D eigenvalue weighted by Crippen LogP contribution is -2.53. The van der Waals surface area contributed by atoms with Crippen molar-refractivity contribution in [2.24, 2.45) is 0 Å². The van der Waals surface area contributed by atoms with Gasteiger partial charge in [-0.1, -0.05) is 19.1 Å². The van der Waals surface area contributed by atoms with Gasteiger partial charge in [-0.15, -0.1) is 0 Å². The van der Waals surface area contributed by atoms with Crippen molar-refractivity contribution in [1.29, 1.82) is 0 Å². The third-order valence-electron chi connectivity index (χ3n) is 5.82. The van der Waals surface area contributed by atoms with Crippen LogP contribution in [0.3, 0.4) is 0 Å². The van der Waals surface area contributed by atoms with Crippen molar-refractivity contribution in [3.05, 3.63) is 48.0 Å². The van der Waals surface area contributed by atoms with Crippen LogP contribution in [0.1, 0.15) is 32.8 Å². The predicted molar refractivity (Wildman–Crippen MR) is 141 cm³/mol. The van der Waals surface area contributed by atoms with Crippen LogP contribution in [0, 0.1) is 0 Å². The summed E-state index contributed by atoms with van der Waals surface area (Å²) in [7, 11) is -2.29. The van der Waals surface area contributed by atoms with Gasteiger partial charge in [0.15, 0.2) is 11.5 Å². The normalized spacial score (nSPS) is 13.6. The van der Waals surface area contributed by atoms with Gasteiger partial charge in [0.1, 0.15) is 31.5 Å². The monoisotopic (exact) mass is 533 g/mol. The quantitative estimate of drug-likeness (QED) is 0.472. The summed E-state index contributed by atoms with van der Waals surface area (Å²) in [6, 6.07) is 11.0. The molecule has 0 radical (unpaired) electrons. The Morgan fingerprint density at radius 3 is 2.27 bits per heavy atom. The minimum Gasteiger partial charge on any atom is -0.497 e. The van der Waals surface area contributed by atoms with Crippen molar-refractivity contribution >= 4 is 27.5 Å². The molecule has 2 amide bonds. The van der Waals surface area contributed by atoms with E-state index in [0.717, 1.165) is 16.1 Å². The van der Waals surface area contributed by atoms with Crippen LogP contribution >= 0.6 is 0 Å². The van der Waals surface area contributed by atoms with Crippen LogP contribution < -0.4 is 23.8 Å². The van der Waals surface area contributed by atoms with Gasteiger partial charge in [-0.25, -0.2) is 8.42 Å². The maximum absolute atomic E-state index is 13.7. The number of nitrogens with one attached hydrogen (secondary N) is 1. The zero-order chi connectivity index (χ0) is 27.2. The Balaban J connectivity index is 1.95. The van der Waals surface area contributed by atoms with Crippen molar-refractivity contribution in [3.63, 3.8) is 0 Å². The van der Waals surface area contributed by atoms with Crippen LogP contribution in [-0.4, -0.2) is 70.3 Å². The summed E-state index contributed by atoms with van der Waals surface area (Å²) >= 11 is 0. The Hall–Kier alpha value is -3.47. The highest BCUT2D eigenvalue weighted by molar-refractivity contribution is 7.92. The molecule has 0 aromatic heterocycles. The summed E-state index contributed by atoms with van der Waals surface area (Å²) in [6.45, 7) is 5.87. The molecule has 37 heavy (non-hydrogen) atoms. The molecule has 2 aromatic rings. The summed E-state index contributed by atoms with van der Waals surface area (Å²) in [4.78, 5) is 28.2. The zero-order valence-corrected chi connectivity index (χ0v) is 22.7. The van der Waals surface area contributed by atoms with E-state index in [2.05, 4.69) is 5.32 Å². The molecule has 1 N–H and O–H groups in total. The lowest BCUT2D eigenvalue weighted by molar-refractivity contribution is -0.140. The molecule has 0 aliphatic carbocycles. The van der Waals surface area contributed by atoms with Crippen molar-refractivity contribution < 1.29 is 32.2 Å². The molecule has 11 heteroatoms. The SMILES string of the molecule is CC[C@@H](C(=O)NC(C)C)N(Cc1ccc(OC)cc1)C(=O)CN(c1ccc2c(c1)OCCO2)S(C)(=O)=O. The number of ether oxygens (including phenoxy) is 3. The first-order valence-electron chi connectivity index (χ1n) is 12.1. The number of benzene rings is 2. The first kappa shape index (κ1) is 28.1. The number of methoxy groups -OCH3 is 1. The van der Waals surface area contributed by atoms with Gasteiger partial charge < -0.3 is 24.4 Å². The van der Waals surface area contributed by atoms with Crippen LogP contribution in [-0.2, 0) is 26.2 Å². The number of sulfonamides is 1. The summed E-state index contributed by atoms with van der Waals surface area (Å²) in [5.74, 6) is 0.759. The molecule has 1 aliphatic rings. The Kier molecular flexibility index (Phi) is 9.25. The molecule has 1 atom stereocenters. The molecule has 0 saturated heterocycles. The van der Waals surface area contributed by atoms with Crippen molar-refractivity contribution in [1.82, 2.24) is 10.2 Å². The first-order valence-corrected chi connectivity index (χ1v) is 14.0. The number of rotatable bonds is 11. The molecule has 0 spiro atoms. The molecule has 0 fully saturated rings. The van der Waals surface area contributed by atoms with Gasteiger partial charge in [0.05, 0.1) is 19.1 Å². The van der Waals surface area contributed by atoms with E-state index in [4.69, 9.17) is 14.2 Å². The smallest absolute Gasteiger partial charge is 0.244 e. The largest absolute Gasteiger partial charge is 0.497 e. The Morgan fingerprint density at radius 1 is 1.05 bits per heavy atom. The average Bonchev–Trinajstić information content (AvgIpc) is 2.86. The number of fused-ring (bicyclic) bond motifs is 1. The Morgan fingerprint density at radius 2 is 1.70 bits per heavy atom. The van der Waals surface area contributed by atoms with E-state index in [9.17, 15) is 18.0 Å². The summed E-state index contributed by atoms with van der Waals surface area (Å²) in [5, 5.41) is 2.87. The molecule has 10 nitrogen and oxygen atoms in total. The maximum Gasteiger partial charge on any atom is 0.244 e. The summed E-state index contributed by atoms with van der Waals surface area (Å²) in [6.07, 6.45) is 1.39. The predicted octanol–water partition coefficient (Wildman–Crippen LogP) is 2.56. The van der Waals surface area contributed by atoms with Gasteiger partial charge in [-0.3, -0.25) is 13.9 Å². The molecule has 0 bridgehead atoms. The fourth-order valence-corrected chi connectivity index (χ4v) is 4.87. The third kappa shape index (κ3) is 7.28. The summed E-state index contributed by atoms with van der Waals surface area (Å²) in [5.41, 5.74) is 1.04. The average molecular weight is 534 g/mol. The van der Waals surface area contributed by atoms with Crippen molar-refractivity contribution in [2.75, 3.05) is 37.4 Å². The molecular weight excluding hydrogens is 498 g/mol. The lowest BCUT2D eigenvalue weighted by atomic mass is 10.1. The van der Waals surface area contributed by atoms with Crippen LogP contribution in [0.25, 0.3) is 0 Å². The zero-order valence-electron chi connectivity index (χ0n) is 21.9. The van der Waals surface area contributed by atoms with E-state index < -0.39 is 28.5 Å². The maximum atomic E-state index is 13.7. The highest BCUT2D eigenvalue weighted by Crippen LogP contribution is 2.34. The number of anilines is 1. The van der Waals surface area contributed by atoms with E-state index in [1.807, 2.05) is 20.8 Å². The summed E-state index contributed by atoms with van der Waals surface area (Å²) < 4.78 is 42.9. The molecule has 0 unspecified atom stereocenters. The number of hydrogen-bond donors (Lipinski definition) is 1. The Bertz CT molecular complexity index is 1200. The molecule has 0 saturated carbocycles. The topological polar surface area (TPSA) is 114 Å². The number of carbonyl (C=O) groups excluding carboxylic acids is 2. The second-order valence-corrected chi connectivity index (χ2v) is 11.0. The van der Waals surface area contributed by atoms with Crippen LogP contribution in [0.4, 0.5) is 5.69 Å². The van der Waals surface area contributed by atoms with Gasteiger partial charge in [-0.05, 0) is 50.1 Å².